The molecular weight excluding hydrogens is 382 g/mol. The van der Waals surface area contributed by atoms with Gasteiger partial charge in [0, 0.05) is 23.6 Å². The maximum atomic E-state index is 12.6. The molecular formula is C21H21N7O2. The van der Waals surface area contributed by atoms with Gasteiger partial charge in [0.05, 0.1) is 11.7 Å². The van der Waals surface area contributed by atoms with Gasteiger partial charge in [0.1, 0.15) is 12.4 Å². The zero-order valence-electron chi connectivity index (χ0n) is 16.6. The molecule has 0 aliphatic rings. The molecule has 9 nitrogen and oxygen atoms in total. The summed E-state index contributed by atoms with van der Waals surface area (Å²) in [7, 11) is 0. The second-order valence-corrected chi connectivity index (χ2v) is 6.90. The third-order valence-corrected chi connectivity index (χ3v) is 4.41. The predicted molar refractivity (Wildman–Crippen MR) is 110 cm³/mol. The minimum absolute atomic E-state index is 0.135. The Morgan fingerprint density at radius 2 is 1.97 bits per heavy atom. The number of anilines is 1. The molecule has 1 N–H and O–H groups in total. The summed E-state index contributed by atoms with van der Waals surface area (Å²) in [5.41, 5.74) is 2.10. The normalized spacial score (nSPS) is 10.9. The van der Waals surface area contributed by atoms with Gasteiger partial charge in [-0.25, -0.2) is 9.36 Å². The van der Waals surface area contributed by atoms with Crippen molar-refractivity contribution in [1.82, 2.24) is 30.0 Å². The van der Waals surface area contributed by atoms with Gasteiger partial charge >= 0.3 is 0 Å². The molecule has 2 aromatic carbocycles. The molecule has 0 saturated heterocycles. The van der Waals surface area contributed by atoms with Crippen LogP contribution in [0.2, 0.25) is 0 Å². The number of nitrogens with zero attached hydrogens (tertiary/aromatic N) is 6. The molecule has 0 fully saturated rings. The van der Waals surface area contributed by atoms with Gasteiger partial charge < -0.3 is 10.1 Å². The van der Waals surface area contributed by atoms with E-state index in [9.17, 15) is 4.79 Å². The highest BCUT2D eigenvalue weighted by Gasteiger charge is 2.11. The van der Waals surface area contributed by atoms with Crippen LogP contribution in [-0.2, 0) is 6.61 Å². The number of benzene rings is 2. The largest absolute Gasteiger partial charge is 0.486 e. The summed E-state index contributed by atoms with van der Waals surface area (Å²) in [6, 6.07) is 16.4. The molecule has 2 aromatic heterocycles. The first-order valence-electron chi connectivity index (χ1n) is 9.51. The van der Waals surface area contributed by atoms with Gasteiger partial charge in [-0.15, -0.1) is 5.10 Å². The number of aromatic nitrogens is 6. The summed E-state index contributed by atoms with van der Waals surface area (Å²) in [4.78, 5) is 12.6. The Labute approximate surface area is 173 Å². The van der Waals surface area contributed by atoms with Crippen LogP contribution in [0.5, 0.6) is 5.75 Å². The van der Waals surface area contributed by atoms with E-state index in [2.05, 4.69) is 25.9 Å². The van der Waals surface area contributed by atoms with Crippen LogP contribution in [0.3, 0.4) is 0 Å². The van der Waals surface area contributed by atoms with Crippen molar-refractivity contribution >= 4 is 11.6 Å². The van der Waals surface area contributed by atoms with Crippen molar-refractivity contribution in [3.8, 4) is 11.4 Å². The van der Waals surface area contributed by atoms with E-state index in [1.54, 1.807) is 39.8 Å². The summed E-state index contributed by atoms with van der Waals surface area (Å²) in [6.45, 7) is 4.20. The highest BCUT2D eigenvalue weighted by Crippen LogP contribution is 2.18. The Kier molecular flexibility index (Phi) is 5.51. The second kappa shape index (κ2) is 8.56. The van der Waals surface area contributed by atoms with Crippen LogP contribution in [0.4, 0.5) is 5.69 Å². The van der Waals surface area contributed by atoms with E-state index < -0.39 is 0 Å². The van der Waals surface area contributed by atoms with Crippen molar-refractivity contribution < 1.29 is 9.53 Å². The highest BCUT2D eigenvalue weighted by atomic mass is 16.5. The van der Waals surface area contributed by atoms with Gasteiger partial charge in [-0.05, 0) is 72.8 Å². The first-order chi connectivity index (χ1) is 14.6. The fourth-order valence-corrected chi connectivity index (χ4v) is 2.91. The van der Waals surface area contributed by atoms with Gasteiger partial charge in [-0.1, -0.05) is 6.07 Å². The number of amides is 1. The number of hydrogen-bond donors (Lipinski definition) is 1. The molecule has 4 rings (SSSR count). The standard InChI is InChI=1S/C21H21N7O2/c1-15(2)28-20(24-25-26-28)14-30-19-6-3-5-16(13-19)21(29)23-17-7-9-18(10-8-17)27-12-4-11-22-27/h3-13,15H,14H2,1-2H3,(H,23,29). The molecule has 0 bridgehead atoms. The summed E-state index contributed by atoms with van der Waals surface area (Å²) in [5.74, 6) is 0.964. The second-order valence-electron chi connectivity index (χ2n) is 6.90. The van der Waals surface area contributed by atoms with Crippen molar-refractivity contribution in [2.24, 2.45) is 0 Å². The van der Waals surface area contributed by atoms with Crippen molar-refractivity contribution in [2.75, 3.05) is 5.32 Å². The fraction of sp³-hybridized carbons (Fsp3) is 0.190. The van der Waals surface area contributed by atoms with Crippen molar-refractivity contribution in [2.45, 2.75) is 26.5 Å². The van der Waals surface area contributed by atoms with Crippen LogP contribution in [0.15, 0.2) is 67.0 Å². The molecule has 0 aliphatic heterocycles. The van der Waals surface area contributed by atoms with E-state index in [0.29, 0.717) is 22.8 Å². The van der Waals surface area contributed by atoms with Gasteiger partial charge in [0.2, 0.25) is 0 Å². The molecule has 30 heavy (non-hydrogen) atoms. The zero-order valence-corrected chi connectivity index (χ0v) is 16.6. The smallest absolute Gasteiger partial charge is 0.255 e. The number of nitrogens with one attached hydrogen (secondary N) is 1. The van der Waals surface area contributed by atoms with Crippen LogP contribution in [0.25, 0.3) is 5.69 Å². The Morgan fingerprint density at radius 1 is 1.13 bits per heavy atom. The molecule has 4 aromatic rings. The Balaban J connectivity index is 1.40. The summed E-state index contributed by atoms with van der Waals surface area (Å²) >= 11 is 0. The SMILES string of the molecule is CC(C)n1nnnc1COc1cccc(C(=O)Nc2ccc(-n3cccn3)cc2)c1. The monoisotopic (exact) mass is 403 g/mol. The van der Waals surface area contributed by atoms with Crippen molar-refractivity contribution in [3.63, 3.8) is 0 Å². The minimum atomic E-state index is -0.223. The van der Waals surface area contributed by atoms with Gasteiger partial charge in [-0.3, -0.25) is 4.79 Å². The van der Waals surface area contributed by atoms with E-state index in [0.717, 1.165) is 5.69 Å². The average molecular weight is 403 g/mol. The maximum Gasteiger partial charge on any atom is 0.255 e. The third kappa shape index (κ3) is 4.35. The summed E-state index contributed by atoms with van der Waals surface area (Å²) < 4.78 is 9.24. The molecule has 0 aliphatic carbocycles. The molecule has 152 valence electrons. The maximum absolute atomic E-state index is 12.6. The molecule has 0 atom stereocenters. The first kappa shape index (κ1) is 19.3. The molecule has 0 unspecified atom stereocenters. The van der Waals surface area contributed by atoms with Gasteiger partial charge in [0.25, 0.3) is 5.91 Å². The number of ether oxygens (including phenoxy) is 1. The van der Waals surface area contributed by atoms with Crippen LogP contribution in [-0.4, -0.2) is 35.9 Å². The molecule has 0 radical (unpaired) electrons. The number of rotatable bonds is 7. The van der Waals surface area contributed by atoms with Crippen LogP contribution in [0.1, 0.15) is 36.1 Å². The fourth-order valence-electron chi connectivity index (χ4n) is 2.91. The Bertz CT molecular complexity index is 1120. The van der Waals surface area contributed by atoms with E-state index in [4.69, 9.17) is 4.74 Å². The lowest BCUT2D eigenvalue weighted by Gasteiger charge is -2.10. The number of tetrazole rings is 1. The van der Waals surface area contributed by atoms with Crippen molar-refractivity contribution in [3.05, 3.63) is 78.4 Å². The highest BCUT2D eigenvalue weighted by molar-refractivity contribution is 6.04. The molecule has 0 spiro atoms. The lowest BCUT2D eigenvalue weighted by atomic mass is 10.2. The van der Waals surface area contributed by atoms with Crippen molar-refractivity contribution in [1.29, 1.82) is 0 Å². The molecule has 9 heteroatoms. The predicted octanol–water partition coefficient (Wildman–Crippen LogP) is 3.27. The number of hydrogen-bond acceptors (Lipinski definition) is 6. The zero-order chi connectivity index (χ0) is 20.9. The average Bonchev–Trinajstić information content (AvgIpc) is 3.45. The van der Waals surface area contributed by atoms with Gasteiger partial charge in [-0.2, -0.15) is 5.10 Å². The lowest BCUT2D eigenvalue weighted by Crippen LogP contribution is -2.13. The molecule has 2 heterocycles. The van der Waals surface area contributed by atoms with E-state index >= 15 is 0 Å². The molecule has 0 saturated carbocycles. The number of carbonyl (C=O) groups is 1. The first-order valence-corrected chi connectivity index (χ1v) is 9.51. The minimum Gasteiger partial charge on any atom is -0.486 e. The van der Waals surface area contributed by atoms with E-state index in [1.165, 1.54) is 0 Å². The van der Waals surface area contributed by atoms with E-state index in [-0.39, 0.29) is 18.6 Å². The lowest BCUT2D eigenvalue weighted by molar-refractivity contribution is 0.102. The van der Waals surface area contributed by atoms with Crippen LogP contribution >= 0.6 is 0 Å². The van der Waals surface area contributed by atoms with E-state index in [1.807, 2.05) is 50.4 Å². The summed E-state index contributed by atoms with van der Waals surface area (Å²) in [5, 5.41) is 18.7. The molecule has 1 amide bonds. The Morgan fingerprint density at radius 3 is 2.70 bits per heavy atom. The number of carbonyl (C=O) groups excluding carboxylic acids is 1. The quantitative estimate of drug-likeness (QED) is 0.508. The van der Waals surface area contributed by atoms with Gasteiger partial charge in [0.15, 0.2) is 5.82 Å². The summed E-state index contributed by atoms with van der Waals surface area (Å²) in [6.07, 6.45) is 3.58. The third-order valence-electron chi connectivity index (χ3n) is 4.41. The Hall–Kier alpha value is -4.01. The van der Waals surface area contributed by atoms with Crippen LogP contribution < -0.4 is 10.1 Å². The van der Waals surface area contributed by atoms with Crippen LogP contribution in [0, 0.1) is 0 Å². The topological polar surface area (TPSA) is 99.8 Å².